The lowest BCUT2D eigenvalue weighted by Crippen LogP contribution is -2.59. The molecule has 1 rings (SSSR count). The fourth-order valence-electron chi connectivity index (χ4n) is 2.79. The van der Waals surface area contributed by atoms with Crippen molar-refractivity contribution in [1.82, 2.24) is 10.2 Å². The molecule has 0 aromatic heterocycles. The second kappa shape index (κ2) is 8.60. The van der Waals surface area contributed by atoms with Crippen LogP contribution in [0.25, 0.3) is 0 Å². The van der Waals surface area contributed by atoms with Crippen molar-refractivity contribution in [3.63, 3.8) is 0 Å². The van der Waals surface area contributed by atoms with Crippen molar-refractivity contribution in [1.29, 1.82) is 0 Å². The van der Waals surface area contributed by atoms with Gasteiger partial charge in [-0.3, -0.25) is 9.69 Å². The average molecular weight is 286 g/mol. The number of methoxy groups -OCH3 is 1. The van der Waals surface area contributed by atoms with Crippen LogP contribution >= 0.6 is 0 Å². The first kappa shape index (κ1) is 17.4. The molecule has 1 N–H and O–H groups in total. The minimum absolute atomic E-state index is 0.190. The number of piperidine rings is 1. The van der Waals surface area contributed by atoms with E-state index < -0.39 is 5.54 Å². The third kappa shape index (κ3) is 5.04. The molecule has 0 aromatic carbocycles. The second-order valence-corrected chi connectivity index (χ2v) is 5.71. The number of hydrogen-bond acceptors (Lipinski definition) is 5. The molecule has 5 heteroatoms. The van der Waals surface area contributed by atoms with E-state index in [1.807, 2.05) is 13.8 Å². The van der Waals surface area contributed by atoms with Gasteiger partial charge in [0, 0.05) is 19.7 Å². The predicted octanol–water partition coefficient (Wildman–Crippen LogP) is 1.42. The number of ether oxygens (including phenoxy) is 2. The van der Waals surface area contributed by atoms with Gasteiger partial charge in [-0.2, -0.15) is 0 Å². The SMILES string of the molecule is CCCNC(C)(CN1CCCC(OCC)C1)C(=O)OC. The van der Waals surface area contributed by atoms with Crippen LogP contribution in [0.1, 0.15) is 40.0 Å². The molecule has 0 bridgehead atoms. The van der Waals surface area contributed by atoms with Gasteiger partial charge in [-0.1, -0.05) is 6.92 Å². The molecule has 1 aliphatic heterocycles. The highest BCUT2D eigenvalue weighted by Crippen LogP contribution is 2.17. The number of nitrogens with one attached hydrogen (secondary N) is 1. The van der Waals surface area contributed by atoms with Crippen molar-refractivity contribution in [3.05, 3.63) is 0 Å². The number of rotatable bonds is 8. The van der Waals surface area contributed by atoms with Gasteiger partial charge in [0.15, 0.2) is 0 Å². The van der Waals surface area contributed by atoms with Crippen LogP contribution in [0.2, 0.25) is 0 Å². The fourth-order valence-corrected chi connectivity index (χ4v) is 2.79. The molecule has 118 valence electrons. The van der Waals surface area contributed by atoms with Crippen LogP contribution in [0.3, 0.4) is 0 Å². The van der Waals surface area contributed by atoms with Crippen LogP contribution in [0.5, 0.6) is 0 Å². The summed E-state index contributed by atoms with van der Waals surface area (Å²) < 4.78 is 10.7. The Labute approximate surface area is 123 Å². The molecule has 0 aliphatic carbocycles. The maximum Gasteiger partial charge on any atom is 0.327 e. The molecule has 1 fully saturated rings. The van der Waals surface area contributed by atoms with E-state index in [-0.39, 0.29) is 5.97 Å². The molecule has 0 saturated carbocycles. The first-order chi connectivity index (χ1) is 9.55. The predicted molar refractivity (Wildman–Crippen MR) is 79.8 cm³/mol. The molecule has 1 aliphatic rings. The average Bonchev–Trinajstić information content (AvgIpc) is 2.45. The maximum atomic E-state index is 12.1. The summed E-state index contributed by atoms with van der Waals surface area (Å²) in [4.78, 5) is 14.4. The third-order valence-electron chi connectivity index (χ3n) is 3.81. The highest BCUT2D eigenvalue weighted by Gasteiger charge is 2.36. The Hall–Kier alpha value is -0.650. The van der Waals surface area contributed by atoms with Crippen molar-refractivity contribution in [2.24, 2.45) is 0 Å². The van der Waals surface area contributed by atoms with Gasteiger partial charge in [0.2, 0.25) is 0 Å². The summed E-state index contributed by atoms with van der Waals surface area (Å²) >= 11 is 0. The first-order valence-electron chi connectivity index (χ1n) is 7.73. The summed E-state index contributed by atoms with van der Waals surface area (Å²) in [5.41, 5.74) is -0.640. The molecular weight excluding hydrogens is 256 g/mol. The Bertz CT molecular complexity index is 297. The molecule has 0 amide bonds. The maximum absolute atomic E-state index is 12.1. The van der Waals surface area contributed by atoms with E-state index in [4.69, 9.17) is 9.47 Å². The molecule has 0 spiro atoms. The van der Waals surface area contributed by atoms with Gasteiger partial charge in [0.25, 0.3) is 0 Å². The normalized spacial score (nSPS) is 23.3. The van der Waals surface area contributed by atoms with Crippen LogP contribution in [0, 0.1) is 0 Å². The Morgan fingerprint density at radius 1 is 1.45 bits per heavy atom. The van der Waals surface area contributed by atoms with E-state index in [2.05, 4.69) is 17.1 Å². The van der Waals surface area contributed by atoms with Crippen LogP contribution in [-0.2, 0) is 14.3 Å². The Balaban J connectivity index is 2.61. The van der Waals surface area contributed by atoms with E-state index in [1.54, 1.807) is 0 Å². The first-order valence-corrected chi connectivity index (χ1v) is 7.73. The van der Waals surface area contributed by atoms with Crippen LogP contribution in [-0.4, -0.2) is 62.4 Å². The monoisotopic (exact) mass is 286 g/mol. The molecule has 1 saturated heterocycles. The van der Waals surface area contributed by atoms with E-state index in [0.29, 0.717) is 12.6 Å². The van der Waals surface area contributed by atoms with Crippen LogP contribution in [0.4, 0.5) is 0 Å². The molecule has 5 nitrogen and oxygen atoms in total. The summed E-state index contributed by atoms with van der Waals surface area (Å²) in [6.45, 7) is 10.2. The lowest BCUT2D eigenvalue weighted by Gasteiger charge is -2.38. The number of likely N-dealkylation sites (tertiary alicyclic amines) is 1. The highest BCUT2D eigenvalue weighted by molar-refractivity contribution is 5.80. The molecule has 0 aromatic rings. The van der Waals surface area contributed by atoms with E-state index in [1.165, 1.54) is 7.11 Å². The number of carbonyl (C=O) groups excluding carboxylic acids is 1. The summed E-state index contributed by atoms with van der Waals surface area (Å²) in [6.07, 6.45) is 3.52. The summed E-state index contributed by atoms with van der Waals surface area (Å²) in [6, 6.07) is 0. The Kier molecular flexibility index (Phi) is 7.48. The van der Waals surface area contributed by atoms with Gasteiger partial charge in [0.1, 0.15) is 5.54 Å². The lowest BCUT2D eigenvalue weighted by molar-refractivity contribution is -0.149. The van der Waals surface area contributed by atoms with Gasteiger partial charge in [-0.25, -0.2) is 0 Å². The van der Waals surface area contributed by atoms with Crippen molar-refractivity contribution in [3.8, 4) is 0 Å². The molecule has 0 radical (unpaired) electrons. The molecule has 1 heterocycles. The van der Waals surface area contributed by atoms with E-state index >= 15 is 0 Å². The zero-order valence-corrected chi connectivity index (χ0v) is 13.4. The van der Waals surface area contributed by atoms with Crippen LogP contribution in [0.15, 0.2) is 0 Å². The largest absolute Gasteiger partial charge is 0.468 e. The standard InChI is InChI=1S/C15H30N2O3/c1-5-9-16-15(3,14(18)19-4)12-17-10-7-8-13(11-17)20-6-2/h13,16H,5-12H2,1-4H3. The molecule has 20 heavy (non-hydrogen) atoms. The minimum atomic E-state index is -0.640. The summed E-state index contributed by atoms with van der Waals surface area (Å²) in [5.74, 6) is -0.190. The summed E-state index contributed by atoms with van der Waals surface area (Å²) in [7, 11) is 1.45. The third-order valence-corrected chi connectivity index (χ3v) is 3.81. The number of hydrogen-bond donors (Lipinski definition) is 1. The smallest absolute Gasteiger partial charge is 0.327 e. The fraction of sp³-hybridized carbons (Fsp3) is 0.933. The highest BCUT2D eigenvalue weighted by atomic mass is 16.5. The Morgan fingerprint density at radius 2 is 2.20 bits per heavy atom. The van der Waals surface area contributed by atoms with Crippen molar-refractivity contribution in [2.45, 2.75) is 51.7 Å². The van der Waals surface area contributed by atoms with Gasteiger partial charge in [0.05, 0.1) is 13.2 Å². The van der Waals surface area contributed by atoms with Gasteiger partial charge >= 0.3 is 5.97 Å². The quantitative estimate of drug-likeness (QED) is 0.684. The molecule has 2 unspecified atom stereocenters. The van der Waals surface area contributed by atoms with Gasteiger partial charge < -0.3 is 14.8 Å². The lowest BCUT2D eigenvalue weighted by atomic mass is 9.99. The Morgan fingerprint density at radius 3 is 2.80 bits per heavy atom. The summed E-state index contributed by atoms with van der Waals surface area (Å²) in [5, 5.41) is 3.33. The van der Waals surface area contributed by atoms with Crippen molar-refractivity contribution in [2.75, 3.05) is 39.9 Å². The number of nitrogens with zero attached hydrogens (tertiary/aromatic N) is 1. The number of esters is 1. The zero-order chi connectivity index (χ0) is 15.0. The topological polar surface area (TPSA) is 50.8 Å². The molecular formula is C15H30N2O3. The van der Waals surface area contributed by atoms with Gasteiger partial charge in [-0.05, 0) is 46.2 Å². The number of carbonyl (C=O) groups is 1. The minimum Gasteiger partial charge on any atom is -0.468 e. The second-order valence-electron chi connectivity index (χ2n) is 5.71. The van der Waals surface area contributed by atoms with E-state index in [0.717, 1.165) is 45.5 Å². The van der Waals surface area contributed by atoms with Gasteiger partial charge in [-0.15, -0.1) is 0 Å². The van der Waals surface area contributed by atoms with Crippen molar-refractivity contribution < 1.29 is 14.3 Å². The van der Waals surface area contributed by atoms with Crippen LogP contribution < -0.4 is 5.32 Å². The molecule has 2 atom stereocenters. The zero-order valence-electron chi connectivity index (χ0n) is 13.4. The van der Waals surface area contributed by atoms with E-state index in [9.17, 15) is 4.79 Å². The van der Waals surface area contributed by atoms with Crippen molar-refractivity contribution >= 4 is 5.97 Å².